The molecule has 7 heteroatoms. The fourth-order valence-corrected chi connectivity index (χ4v) is 2.09. The number of carbonyl (C=O) groups excluding carboxylic acids is 1. The van der Waals surface area contributed by atoms with Crippen LogP contribution in [0.3, 0.4) is 0 Å². The molecule has 1 heterocycles. The van der Waals surface area contributed by atoms with Crippen LogP contribution in [-0.4, -0.2) is 40.3 Å². The van der Waals surface area contributed by atoms with Crippen LogP contribution in [-0.2, 0) is 17.8 Å². The fourth-order valence-electron chi connectivity index (χ4n) is 1.93. The van der Waals surface area contributed by atoms with Gasteiger partial charge in [0.25, 0.3) is 0 Å². The number of hydrogen-bond donors (Lipinski definition) is 0. The monoisotopic (exact) mass is 301 g/mol. The van der Waals surface area contributed by atoms with Gasteiger partial charge in [0.1, 0.15) is 23.7 Å². The summed E-state index contributed by atoms with van der Waals surface area (Å²) in [5.74, 6) is -0.888. The summed E-state index contributed by atoms with van der Waals surface area (Å²) in [5.41, 5.74) is 0.316. The van der Waals surface area contributed by atoms with Crippen LogP contribution in [0.25, 0.3) is 11.0 Å². The van der Waals surface area contributed by atoms with Crippen LogP contribution in [0, 0.1) is 11.6 Å². The van der Waals surface area contributed by atoms with Crippen molar-refractivity contribution >= 4 is 28.5 Å². The van der Waals surface area contributed by atoms with Gasteiger partial charge in [-0.3, -0.25) is 4.79 Å². The van der Waals surface area contributed by atoms with E-state index in [1.807, 2.05) is 0 Å². The Morgan fingerprint density at radius 1 is 1.40 bits per heavy atom. The number of alkyl halides is 1. The summed E-state index contributed by atoms with van der Waals surface area (Å²) in [4.78, 5) is 17.4. The van der Waals surface area contributed by atoms with E-state index in [0.29, 0.717) is 12.2 Å². The van der Waals surface area contributed by atoms with Crippen molar-refractivity contribution in [3.8, 4) is 0 Å². The maximum absolute atomic E-state index is 13.7. The number of fused-ring (bicyclic) bond motifs is 1. The minimum Gasteiger partial charge on any atom is -0.347 e. The molecule has 0 saturated heterocycles. The minimum absolute atomic E-state index is 0.0292. The summed E-state index contributed by atoms with van der Waals surface area (Å²) in [6.45, 7) is -0.0292. The van der Waals surface area contributed by atoms with Gasteiger partial charge >= 0.3 is 0 Å². The van der Waals surface area contributed by atoms with Gasteiger partial charge in [0.05, 0.1) is 5.52 Å². The van der Waals surface area contributed by atoms with Crippen molar-refractivity contribution in [1.29, 1.82) is 0 Å². The summed E-state index contributed by atoms with van der Waals surface area (Å²) in [5, 5.41) is 0. The van der Waals surface area contributed by atoms with Crippen molar-refractivity contribution in [3.05, 3.63) is 29.6 Å². The van der Waals surface area contributed by atoms with Crippen molar-refractivity contribution in [2.45, 2.75) is 13.0 Å². The van der Waals surface area contributed by atoms with Gasteiger partial charge in [0.2, 0.25) is 5.91 Å². The van der Waals surface area contributed by atoms with Crippen LogP contribution < -0.4 is 0 Å². The van der Waals surface area contributed by atoms with Gasteiger partial charge < -0.3 is 9.47 Å². The van der Waals surface area contributed by atoms with E-state index in [9.17, 15) is 13.6 Å². The summed E-state index contributed by atoms with van der Waals surface area (Å²) in [7, 11) is 3.23. The van der Waals surface area contributed by atoms with E-state index in [-0.39, 0.29) is 29.4 Å². The largest absolute Gasteiger partial charge is 0.347 e. The molecular formula is C13H14ClF2N3O. The van der Waals surface area contributed by atoms with E-state index in [1.165, 1.54) is 15.5 Å². The zero-order chi connectivity index (χ0) is 14.9. The molecule has 0 aliphatic rings. The summed E-state index contributed by atoms with van der Waals surface area (Å²) < 4.78 is 28.6. The Labute approximate surface area is 119 Å². The third-order valence-electron chi connectivity index (χ3n) is 2.96. The van der Waals surface area contributed by atoms with Crippen molar-refractivity contribution in [2.75, 3.05) is 20.0 Å². The summed E-state index contributed by atoms with van der Waals surface area (Å²) >= 11 is 5.69. The lowest BCUT2D eigenvalue weighted by molar-refractivity contribution is -0.129. The molecule has 0 bridgehead atoms. The highest BCUT2D eigenvalue weighted by atomic mass is 35.5. The smallest absolute Gasteiger partial charge is 0.242 e. The van der Waals surface area contributed by atoms with Crippen LogP contribution in [0.1, 0.15) is 5.82 Å². The fraction of sp³-hybridized carbons (Fsp3) is 0.385. The van der Waals surface area contributed by atoms with Crippen LogP contribution in [0.15, 0.2) is 12.1 Å². The van der Waals surface area contributed by atoms with E-state index < -0.39 is 11.6 Å². The molecule has 0 fully saturated rings. The molecule has 0 saturated carbocycles. The van der Waals surface area contributed by atoms with Crippen molar-refractivity contribution in [2.24, 2.45) is 0 Å². The van der Waals surface area contributed by atoms with Gasteiger partial charge in [0.15, 0.2) is 5.82 Å². The van der Waals surface area contributed by atoms with E-state index in [1.54, 1.807) is 14.1 Å². The van der Waals surface area contributed by atoms with Gasteiger partial charge in [-0.2, -0.15) is 0 Å². The van der Waals surface area contributed by atoms with Crippen LogP contribution in [0.4, 0.5) is 8.78 Å². The number of amides is 1. The predicted molar refractivity (Wildman–Crippen MR) is 72.8 cm³/mol. The van der Waals surface area contributed by atoms with Gasteiger partial charge in [-0.15, -0.1) is 11.6 Å². The number of benzene rings is 1. The first-order valence-electron chi connectivity index (χ1n) is 6.04. The quantitative estimate of drug-likeness (QED) is 0.812. The molecule has 0 unspecified atom stereocenters. The zero-order valence-electron chi connectivity index (χ0n) is 11.2. The standard InChI is InChI=1S/C13H14ClF2N3O/c1-18(2)12(20)7-19-10-6-8(15)5-9(16)13(10)17-11(19)3-4-14/h5-6H,3-4,7H2,1-2H3. The Bertz CT molecular complexity index is 655. The number of likely N-dealkylation sites (N-methyl/N-ethyl adjacent to an activating group) is 1. The van der Waals surface area contributed by atoms with Gasteiger partial charge in [-0.05, 0) is 6.07 Å². The Morgan fingerprint density at radius 2 is 2.10 bits per heavy atom. The molecule has 1 aromatic heterocycles. The van der Waals surface area contributed by atoms with Crippen molar-refractivity contribution < 1.29 is 13.6 Å². The number of rotatable bonds is 4. The molecule has 0 N–H and O–H groups in total. The van der Waals surface area contributed by atoms with Crippen molar-refractivity contribution in [1.82, 2.24) is 14.5 Å². The number of imidazole rings is 1. The first-order valence-corrected chi connectivity index (χ1v) is 6.57. The lowest BCUT2D eigenvalue weighted by Crippen LogP contribution is -2.27. The normalized spacial score (nSPS) is 11.1. The van der Waals surface area contributed by atoms with Gasteiger partial charge in [-0.25, -0.2) is 13.8 Å². The first kappa shape index (κ1) is 14.7. The molecule has 20 heavy (non-hydrogen) atoms. The molecule has 108 valence electrons. The maximum atomic E-state index is 13.7. The predicted octanol–water partition coefficient (Wildman–Crippen LogP) is 2.18. The molecule has 0 aliphatic heterocycles. The molecule has 0 radical (unpaired) electrons. The highest BCUT2D eigenvalue weighted by Gasteiger charge is 2.17. The zero-order valence-corrected chi connectivity index (χ0v) is 11.9. The van der Waals surface area contributed by atoms with E-state index in [4.69, 9.17) is 11.6 Å². The van der Waals surface area contributed by atoms with Gasteiger partial charge in [-0.1, -0.05) is 0 Å². The number of nitrogens with zero attached hydrogens (tertiary/aromatic N) is 3. The lowest BCUT2D eigenvalue weighted by Gasteiger charge is -2.13. The Hall–Kier alpha value is -1.69. The highest BCUT2D eigenvalue weighted by molar-refractivity contribution is 6.17. The van der Waals surface area contributed by atoms with Crippen LogP contribution in [0.5, 0.6) is 0 Å². The molecule has 2 aromatic rings. The molecule has 4 nitrogen and oxygen atoms in total. The second-order valence-electron chi connectivity index (χ2n) is 4.60. The van der Waals surface area contributed by atoms with Crippen LogP contribution >= 0.6 is 11.6 Å². The minimum atomic E-state index is -0.744. The number of halogens is 3. The Kier molecular flexibility index (Phi) is 4.23. The van der Waals surface area contributed by atoms with E-state index in [2.05, 4.69) is 4.98 Å². The average molecular weight is 302 g/mol. The highest BCUT2D eigenvalue weighted by Crippen LogP contribution is 2.21. The van der Waals surface area contributed by atoms with Crippen LogP contribution in [0.2, 0.25) is 0 Å². The molecule has 1 amide bonds. The maximum Gasteiger partial charge on any atom is 0.242 e. The molecule has 0 spiro atoms. The molecule has 1 aromatic carbocycles. The van der Waals surface area contributed by atoms with Gasteiger partial charge in [0, 0.05) is 32.5 Å². The second-order valence-corrected chi connectivity index (χ2v) is 4.97. The van der Waals surface area contributed by atoms with E-state index in [0.717, 1.165) is 6.07 Å². The molecular weight excluding hydrogens is 288 g/mol. The third-order valence-corrected chi connectivity index (χ3v) is 3.15. The first-order chi connectivity index (χ1) is 9.43. The summed E-state index contributed by atoms with van der Waals surface area (Å²) in [6.07, 6.45) is 0.373. The number of aromatic nitrogens is 2. The topological polar surface area (TPSA) is 38.1 Å². The third kappa shape index (κ3) is 2.75. The number of carbonyl (C=O) groups is 1. The molecule has 0 aliphatic carbocycles. The Morgan fingerprint density at radius 3 is 2.70 bits per heavy atom. The average Bonchev–Trinajstić information content (AvgIpc) is 2.69. The lowest BCUT2D eigenvalue weighted by atomic mass is 10.3. The molecule has 0 atom stereocenters. The number of hydrogen-bond acceptors (Lipinski definition) is 2. The SMILES string of the molecule is CN(C)C(=O)Cn1c(CCCl)nc2c(F)cc(F)cc21. The Balaban J connectivity index is 2.58. The van der Waals surface area contributed by atoms with Crippen molar-refractivity contribution in [3.63, 3.8) is 0 Å². The molecule has 2 rings (SSSR count). The second kappa shape index (κ2) is 5.75. The number of aryl methyl sites for hydroxylation is 1. The summed E-state index contributed by atoms with van der Waals surface area (Å²) in [6, 6.07) is 1.95. The van der Waals surface area contributed by atoms with E-state index >= 15 is 0 Å².